The molecule has 0 atom stereocenters. The molecule has 0 fully saturated rings. The fraction of sp³-hybridized carbons (Fsp3) is 0.562. The molecule has 0 amide bonds. The van der Waals surface area contributed by atoms with Gasteiger partial charge in [-0.25, -0.2) is 9.97 Å². The van der Waals surface area contributed by atoms with Crippen molar-refractivity contribution in [1.82, 2.24) is 20.6 Å². The molecule has 1 aliphatic heterocycles. The molecule has 23 heavy (non-hydrogen) atoms. The molecule has 7 nitrogen and oxygen atoms in total. The minimum Gasteiger partial charge on any atom is -0.382 e. The van der Waals surface area contributed by atoms with Gasteiger partial charge in [0, 0.05) is 0 Å². The number of anilines is 2. The topological polar surface area (TPSA) is 114 Å². The van der Waals surface area contributed by atoms with E-state index in [1.54, 1.807) is 6.92 Å². The first-order valence-electron chi connectivity index (χ1n) is 8.09. The number of nitrogens with zero attached hydrogens (tertiary/aromatic N) is 3. The zero-order chi connectivity index (χ0) is 17.0. The van der Waals surface area contributed by atoms with Crippen LogP contribution in [0.15, 0.2) is 11.6 Å². The maximum absolute atomic E-state index is 5.90. The molecule has 7 heteroatoms. The van der Waals surface area contributed by atoms with Crippen LogP contribution in [0.3, 0.4) is 0 Å². The number of hydrogen-bond acceptors (Lipinski definition) is 7. The molecule has 0 spiro atoms. The van der Waals surface area contributed by atoms with Crippen LogP contribution in [0, 0.1) is 6.92 Å². The highest BCUT2D eigenvalue weighted by molar-refractivity contribution is 5.91. The van der Waals surface area contributed by atoms with E-state index in [1.165, 1.54) is 0 Å². The van der Waals surface area contributed by atoms with Gasteiger partial charge in [-0.2, -0.15) is 0 Å². The predicted octanol–water partition coefficient (Wildman–Crippen LogP) is 1.81. The van der Waals surface area contributed by atoms with Crippen LogP contribution in [0.2, 0.25) is 0 Å². The Labute approximate surface area is 137 Å². The normalized spacial score (nSPS) is 15.9. The summed E-state index contributed by atoms with van der Waals surface area (Å²) >= 11 is 0. The van der Waals surface area contributed by atoms with Gasteiger partial charge in [0.15, 0.2) is 11.8 Å². The highest BCUT2D eigenvalue weighted by Gasteiger charge is 2.33. The predicted molar refractivity (Wildman–Crippen MR) is 95.7 cm³/mol. The highest BCUT2D eigenvalue weighted by Crippen LogP contribution is 2.24. The summed E-state index contributed by atoms with van der Waals surface area (Å²) in [5.74, 6) is 1.31. The van der Waals surface area contributed by atoms with E-state index in [0.29, 0.717) is 28.9 Å². The first-order chi connectivity index (χ1) is 10.9. The molecule has 0 aliphatic carbocycles. The van der Waals surface area contributed by atoms with Crippen molar-refractivity contribution in [2.24, 2.45) is 4.99 Å². The number of guanidine groups is 1. The van der Waals surface area contributed by atoms with Crippen LogP contribution in [0.25, 0.3) is 5.70 Å². The molecule has 2 rings (SSSR count). The van der Waals surface area contributed by atoms with Crippen molar-refractivity contribution in [3.63, 3.8) is 0 Å². The molecule has 0 aromatic carbocycles. The van der Waals surface area contributed by atoms with E-state index in [1.807, 2.05) is 0 Å². The Kier molecular flexibility index (Phi) is 5.08. The molecule has 0 bridgehead atoms. The lowest BCUT2D eigenvalue weighted by molar-refractivity contribution is 0.347. The Morgan fingerprint density at radius 2 is 1.87 bits per heavy atom. The van der Waals surface area contributed by atoms with Gasteiger partial charge < -0.3 is 22.1 Å². The molecule has 0 saturated heterocycles. The van der Waals surface area contributed by atoms with Crippen molar-refractivity contribution in [3.05, 3.63) is 18.0 Å². The summed E-state index contributed by atoms with van der Waals surface area (Å²) in [4.78, 5) is 13.0. The number of aryl methyl sites for hydroxylation is 1. The van der Waals surface area contributed by atoms with E-state index in [9.17, 15) is 0 Å². The molecule has 2 heterocycles. The van der Waals surface area contributed by atoms with Crippen LogP contribution < -0.4 is 22.1 Å². The Hall–Kier alpha value is -2.31. The van der Waals surface area contributed by atoms with Gasteiger partial charge in [-0.15, -0.1) is 0 Å². The van der Waals surface area contributed by atoms with Crippen molar-refractivity contribution < 1.29 is 0 Å². The van der Waals surface area contributed by atoms with Gasteiger partial charge in [0.2, 0.25) is 0 Å². The van der Waals surface area contributed by atoms with Gasteiger partial charge in [0.25, 0.3) is 0 Å². The van der Waals surface area contributed by atoms with Gasteiger partial charge in [0.05, 0.1) is 23.5 Å². The zero-order valence-corrected chi connectivity index (χ0v) is 14.2. The van der Waals surface area contributed by atoms with E-state index < -0.39 is 0 Å². The van der Waals surface area contributed by atoms with Gasteiger partial charge in [-0.3, -0.25) is 4.99 Å². The van der Waals surface area contributed by atoms with E-state index in [0.717, 1.165) is 32.2 Å². The third-order valence-electron chi connectivity index (χ3n) is 4.07. The summed E-state index contributed by atoms with van der Waals surface area (Å²) in [5.41, 5.74) is 13.4. The van der Waals surface area contributed by atoms with Gasteiger partial charge >= 0.3 is 0 Å². The smallest absolute Gasteiger partial charge is 0.196 e. The third kappa shape index (κ3) is 3.72. The van der Waals surface area contributed by atoms with Crippen molar-refractivity contribution in [1.29, 1.82) is 0 Å². The number of rotatable bonds is 6. The van der Waals surface area contributed by atoms with Crippen LogP contribution in [0.4, 0.5) is 11.6 Å². The summed E-state index contributed by atoms with van der Waals surface area (Å²) in [6.07, 6.45) is 4.41. The highest BCUT2D eigenvalue weighted by atomic mass is 15.3. The molecular formula is C16H27N7. The average molecular weight is 317 g/mol. The second kappa shape index (κ2) is 6.85. The largest absolute Gasteiger partial charge is 0.382 e. The van der Waals surface area contributed by atoms with Crippen LogP contribution in [-0.4, -0.2) is 28.0 Å². The first-order valence-corrected chi connectivity index (χ1v) is 8.09. The van der Waals surface area contributed by atoms with Gasteiger partial charge in [-0.1, -0.05) is 33.3 Å². The van der Waals surface area contributed by atoms with Crippen LogP contribution >= 0.6 is 0 Å². The lowest BCUT2D eigenvalue weighted by atomic mass is 9.89. The van der Waals surface area contributed by atoms with Crippen molar-refractivity contribution >= 4 is 23.3 Å². The second-order valence-electron chi connectivity index (χ2n) is 6.10. The average Bonchev–Trinajstić information content (AvgIpc) is 2.86. The summed E-state index contributed by atoms with van der Waals surface area (Å²) in [7, 11) is 0. The van der Waals surface area contributed by atoms with Crippen molar-refractivity contribution in [2.75, 3.05) is 18.0 Å². The molecular weight excluding hydrogens is 290 g/mol. The van der Waals surface area contributed by atoms with Gasteiger partial charge in [-0.05, 0) is 19.8 Å². The van der Waals surface area contributed by atoms with E-state index >= 15 is 0 Å². The Bertz CT molecular complexity index is 615. The van der Waals surface area contributed by atoms with Crippen molar-refractivity contribution in [2.45, 2.75) is 52.0 Å². The summed E-state index contributed by atoms with van der Waals surface area (Å²) < 4.78 is 0. The maximum Gasteiger partial charge on any atom is 0.196 e. The lowest BCUT2D eigenvalue weighted by Crippen LogP contribution is -2.49. The zero-order valence-electron chi connectivity index (χ0n) is 14.2. The Morgan fingerprint density at radius 1 is 1.22 bits per heavy atom. The third-order valence-corrected chi connectivity index (χ3v) is 4.07. The second-order valence-corrected chi connectivity index (χ2v) is 6.10. The molecule has 1 aromatic heterocycles. The Morgan fingerprint density at radius 3 is 2.48 bits per heavy atom. The van der Waals surface area contributed by atoms with Crippen molar-refractivity contribution in [3.8, 4) is 0 Å². The fourth-order valence-electron chi connectivity index (χ4n) is 2.97. The SMILES string of the molecule is C=C(NC1=NCC(CCC)(CCC)N1)c1nc(C)c(N)nc1N. The molecule has 0 unspecified atom stereocenters. The molecule has 6 N–H and O–H groups in total. The van der Waals surface area contributed by atoms with E-state index in [4.69, 9.17) is 11.5 Å². The van der Waals surface area contributed by atoms with Crippen LogP contribution in [0.5, 0.6) is 0 Å². The molecule has 0 saturated carbocycles. The van der Waals surface area contributed by atoms with E-state index in [2.05, 4.69) is 46.0 Å². The monoisotopic (exact) mass is 317 g/mol. The van der Waals surface area contributed by atoms with Gasteiger partial charge in [0.1, 0.15) is 11.5 Å². The summed E-state index contributed by atoms with van der Waals surface area (Å²) in [5, 5.41) is 6.69. The number of nitrogens with two attached hydrogens (primary N) is 2. The molecule has 1 aromatic rings. The standard InChI is InChI=1S/C16H27N7/c1-5-7-16(8-6-2)9-19-15(23-16)21-10(3)12-14(18)22-13(17)11(4)20-12/h3,5-9H2,1-2,4H3,(H4,17,18,22)(H2,19,21,23). The van der Waals surface area contributed by atoms with E-state index in [-0.39, 0.29) is 11.4 Å². The number of aromatic nitrogens is 2. The minimum absolute atomic E-state index is 0.0420. The number of aliphatic imine (C=N–C) groups is 1. The summed E-state index contributed by atoms with van der Waals surface area (Å²) in [6, 6.07) is 0. The molecule has 0 radical (unpaired) electrons. The van der Waals surface area contributed by atoms with Crippen LogP contribution in [-0.2, 0) is 0 Å². The molecule has 126 valence electrons. The number of hydrogen-bond donors (Lipinski definition) is 4. The lowest BCUT2D eigenvalue weighted by Gasteiger charge is -2.29. The fourth-order valence-corrected chi connectivity index (χ4v) is 2.97. The van der Waals surface area contributed by atoms with Crippen LogP contribution in [0.1, 0.15) is 50.9 Å². The quantitative estimate of drug-likeness (QED) is 0.636. The first kappa shape index (κ1) is 17.1. The summed E-state index contributed by atoms with van der Waals surface area (Å²) in [6.45, 7) is 10.9. The minimum atomic E-state index is 0.0420. The number of nitrogens with one attached hydrogen (secondary N) is 2. The number of nitrogen functional groups attached to an aromatic ring is 2. The molecule has 1 aliphatic rings. The Balaban J connectivity index is 2.09. The maximum atomic E-state index is 5.90.